The van der Waals surface area contributed by atoms with Gasteiger partial charge in [0.15, 0.2) is 0 Å². The van der Waals surface area contributed by atoms with E-state index in [1.165, 1.54) is 38.9 Å². The molecule has 1 nitrogen and oxygen atoms in total. The van der Waals surface area contributed by atoms with Gasteiger partial charge in [0.2, 0.25) is 0 Å². The predicted molar refractivity (Wildman–Crippen MR) is 184 cm³/mol. The van der Waals surface area contributed by atoms with Gasteiger partial charge in [0, 0.05) is 17.0 Å². The molecule has 0 atom stereocenters. The Labute approximate surface area is 263 Å². The van der Waals surface area contributed by atoms with Gasteiger partial charge in [-0.3, -0.25) is 0 Å². The highest BCUT2D eigenvalue weighted by Gasteiger charge is 2.42. The first-order chi connectivity index (χ1) is 22.2. The van der Waals surface area contributed by atoms with Crippen molar-refractivity contribution in [2.24, 2.45) is 0 Å². The van der Waals surface area contributed by atoms with Gasteiger partial charge >= 0.3 is 0 Å². The van der Waals surface area contributed by atoms with E-state index in [1.807, 2.05) is 36.4 Å². The van der Waals surface area contributed by atoms with Crippen LogP contribution in [0.2, 0.25) is 0 Å². The largest absolute Gasteiger partial charge is 0.376 e. The van der Waals surface area contributed by atoms with Gasteiger partial charge < -0.3 is 5.11 Å². The topological polar surface area (TPSA) is 20.2 Å². The zero-order chi connectivity index (χ0) is 30.0. The summed E-state index contributed by atoms with van der Waals surface area (Å²) in [5.41, 5.74) is 15.2. The van der Waals surface area contributed by atoms with E-state index in [0.717, 1.165) is 38.9 Å². The zero-order valence-corrected chi connectivity index (χ0v) is 24.7. The van der Waals surface area contributed by atoms with Crippen LogP contribution in [-0.4, -0.2) is 5.11 Å². The molecule has 0 unspecified atom stereocenters. The van der Waals surface area contributed by atoms with Crippen molar-refractivity contribution < 1.29 is 5.11 Å². The molecule has 0 heterocycles. The molecule has 0 radical (unpaired) electrons. The first kappa shape index (κ1) is 25.9. The smallest absolute Gasteiger partial charge is 0.141 e. The second-order valence-corrected chi connectivity index (χ2v) is 12.2. The molecule has 0 fully saturated rings. The Balaban J connectivity index is 1.03. The third-order valence-electron chi connectivity index (χ3n) is 9.83. The van der Waals surface area contributed by atoms with Gasteiger partial charge in [-0.1, -0.05) is 164 Å². The number of benzene rings is 7. The number of rotatable bonds is 4. The van der Waals surface area contributed by atoms with Gasteiger partial charge in [0.05, 0.1) is 0 Å². The summed E-state index contributed by atoms with van der Waals surface area (Å²) in [6.07, 6.45) is 0. The number of hydrogen-bond donors (Lipinski definition) is 1. The van der Waals surface area contributed by atoms with Crippen molar-refractivity contribution in [2.75, 3.05) is 0 Å². The third kappa shape index (κ3) is 3.91. The van der Waals surface area contributed by atoms with Crippen molar-refractivity contribution in [2.45, 2.75) is 11.5 Å². The highest BCUT2D eigenvalue weighted by atomic mass is 16.3. The molecule has 212 valence electrons. The summed E-state index contributed by atoms with van der Waals surface area (Å²) in [5.74, 6) is 0.255. The molecule has 0 aliphatic heterocycles. The molecule has 1 N–H and O–H groups in total. The van der Waals surface area contributed by atoms with Crippen LogP contribution in [0.4, 0.5) is 0 Å². The van der Waals surface area contributed by atoms with Crippen molar-refractivity contribution in [1.29, 1.82) is 0 Å². The van der Waals surface area contributed by atoms with E-state index in [-0.39, 0.29) is 5.92 Å². The molecule has 0 amide bonds. The minimum atomic E-state index is -1.17. The van der Waals surface area contributed by atoms with E-state index in [9.17, 15) is 5.11 Å². The minimum Gasteiger partial charge on any atom is -0.376 e. The van der Waals surface area contributed by atoms with Gasteiger partial charge in [-0.2, -0.15) is 0 Å². The summed E-state index contributed by atoms with van der Waals surface area (Å²) >= 11 is 0. The van der Waals surface area contributed by atoms with Crippen molar-refractivity contribution in [1.82, 2.24) is 0 Å². The van der Waals surface area contributed by atoms with E-state index in [2.05, 4.69) is 133 Å². The van der Waals surface area contributed by atoms with Gasteiger partial charge in [-0.05, 0) is 72.8 Å². The standard InChI is InChI=1S/C44H30O/c45-44(41-18-7-5-14-37(41)38-15-6-8-19-42(38)44)34-26-24-30(25-27-34)33-11-9-10-32(28-33)29-20-22-31(23-21-29)43-39-16-3-1-12-35(39)36-13-2-4-17-40(36)43/h1-28,43,45H. The Kier molecular flexibility index (Phi) is 5.78. The lowest BCUT2D eigenvalue weighted by Gasteiger charge is -2.26. The maximum absolute atomic E-state index is 12.2. The van der Waals surface area contributed by atoms with Crippen molar-refractivity contribution in [3.8, 4) is 44.5 Å². The van der Waals surface area contributed by atoms with Crippen molar-refractivity contribution in [3.05, 3.63) is 203 Å². The number of aliphatic hydroxyl groups is 1. The van der Waals surface area contributed by atoms with E-state index in [0.29, 0.717) is 0 Å². The first-order valence-corrected chi connectivity index (χ1v) is 15.6. The van der Waals surface area contributed by atoms with Crippen LogP contribution in [-0.2, 0) is 5.60 Å². The lowest BCUT2D eigenvalue weighted by molar-refractivity contribution is 0.131. The second-order valence-electron chi connectivity index (χ2n) is 12.2. The van der Waals surface area contributed by atoms with Gasteiger partial charge in [0.25, 0.3) is 0 Å². The number of fused-ring (bicyclic) bond motifs is 6. The Bertz CT molecular complexity index is 2130. The molecule has 2 aliphatic rings. The average Bonchev–Trinajstić information content (AvgIpc) is 3.59. The van der Waals surface area contributed by atoms with Gasteiger partial charge in [-0.25, -0.2) is 0 Å². The molecular weight excluding hydrogens is 544 g/mol. The maximum Gasteiger partial charge on any atom is 0.141 e. The summed E-state index contributed by atoms with van der Waals surface area (Å²) < 4.78 is 0. The molecule has 2 aliphatic carbocycles. The van der Waals surface area contributed by atoms with Crippen LogP contribution in [0, 0.1) is 0 Å². The minimum absolute atomic E-state index is 0.255. The fourth-order valence-corrected chi connectivity index (χ4v) is 7.69. The van der Waals surface area contributed by atoms with Crippen molar-refractivity contribution in [3.63, 3.8) is 0 Å². The molecule has 1 heteroatoms. The highest BCUT2D eigenvalue weighted by molar-refractivity contribution is 5.83. The summed E-state index contributed by atoms with van der Waals surface area (Å²) in [7, 11) is 0. The zero-order valence-electron chi connectivity index (χ0n) is 24.7. The molecular formula is C44H30O. The monoisotopic (exact) mass is 574 g/mol. The summed E-state index contributed by atoms with van der Waals surface area (Å²) in [5, 5.41) is 12.2. The Morgan fingerprint density at radius 2 is 0.822 bits per heavy atom. The molecule has 0 saturated carbocycles. The quantitative estimate of drug-likeness (QED) is 0.222. The Hall–Kier alpha value is -5.50. The van der Waals surface area contributed by atoms with Crippen molar-refractivity contribution >= 4 is 0 Å². The summed E-state index contributed by atoms with van der Waals surface area (Å²) in [4.78, 5) is 0. The summed E-state index contributed by atoms with van der Waals surface area (Å²) in [6.45, 7) is 0. The van der Waals surface area contributed by atoms with Crippen LogP contribution in [0.3, 0.4) is 0 Å². The lowest BCUT2D eigenvalue weighted by Crippen LogP contribution is -2.26. The molecule has 9 rings (SSSR count). The first-order valence-electron chi connectivity index (χ1n) is 15.6. The predicted octanol–water partition coefficient (Wildman–Crippen LogP) is 10.4. The van der Waals surface area contributed by atoms with Gasteiger partial charge in [0.1, 0.15) is 5.60 Å². The lowest BCUT2D eigenvalue weighted by atomic mass is 9.83. The maximum atomic E-state index is 12.2. The van der Waals surface area contributed by atoms with Crippen LogP contribution in [0.15, 0.2) is 170 Å². The molecule has 7 aromatic carbocycles. The van der Waals surface area contributed by atoms with E-state index in [1.54, 1.807) is 0 Å². The van der Waals surface area contributed by atoms with E-state index in [4.69, 9.17) is 0 Å². The Morgan fingerprint density at radius 3 is 1.36 bits per heavy atom. The molecule has 0 spiro atoms. The fourth-order valence-electron chi connectivity index (χ4n) is 7.69. The van der Waals surface area contributed by atoms with E-state index < -0.39 is 5.60 Å². The van der Waals surface area contributed by atoms with Crippen LogP contribution >= 0.6 is 0 Å². The van der Waals surface area contributed by atoms with Gasteiger partial charge in [-0.15, -0.1) is 0 Å². The van der Waals surface area contributed by atoms with Crippen LogP contribution in [0.1, 0.15) is 39.3 Å². The van der Waals surface area contributed by atoms with E-state index >= 15 is 0 Å². The van der Waals surface area contributed by atoms with Crippen LogP contribution < -0.4 is 0 Å². The number of hydrogen-bond acceptors (Lipinski definition) is 1. The molecule has 0 saturated heterocycles. The second kappa shape index (κ2) is 10.0. The fraction of sp³-hybridized carbons (Fsp3) is 0.0455. The Morgan fingerprint density at radius 1 is 0.378 bits per heavy atom. The van der Waals surface area contributed by atoms with Crippen LogP contribution in [0.5, 0.6) is 0 Å². The molecule has 45 heavy (non-hydrogen) atoms. The highest BCUT2D eigenvalue weighted by Crippen LogP contribution is 2.51. The third-order valence-corrected chi connectivity index (χ3v) is 9.83. The normalized spacial score (nSPS) is 14.0. The summed E-state index contributed by atoms with van der Waals surface area (Å²) in [6, 6.07) is 60.2. The molecule has 0 bridgehead atoms. The molecule has 0 aromatic heterocycles. The molecule has 7 aromatic rings. The average molecular weight is 575 g/mol. The van der Waals surface area contributed by atoms with Crippen LogP contribution in [0.25, 0.3) is 44.5 Å². The SMILES string of the molecule is OC1(c2ccc(-c3cccc(-c4ccc(C5c6ccccc6-c6ccccc65)cc4)c3)cc2)c2ccccc2-c2ccccc21.